The first-order chi connectivity index (χ1) is 13.5. The molecule has 2 aliphatic heterocycles. The minimum Gasteiger partial charge on any atom is -0.342 e. The van der Waals surface area contributed by atoms with Crippen molar-refractivity contribution in [2.75, 3.05) is 31.5 Å². The summed E-state index contributed by atoms with van der Waals surface area (Å²) in [5, 5.41) is 2.92. The Bertz CT molecular complexity index is 702. The van der Waals surface area contributed by atoms with Crippen LogP contribution in [-0.4, -0.2) is 59.6 Å². The standard InChI is InChI=1S/C22H31N3O3/c1-16(21(27)23-20-8-6-18(7-9-20)17(2)26)24-14-10-19(11-15-24)22(28)25-12-4-3-5-13-25/h6-9,16,19H,3-5,10-15H2,1-2H3,(H,23,27). The second kappa shape index (κ2) is 9.32. The summed E-state index contributed by atoms with van der Waals surface area (Å²) in [6.07, 6.45) is 5.11. The van der Waals surface area contributed by atoms with Crippen LogP contribution in [0.5, 0.6) is 0 Å². The summed E-state index contributed by atoms with van der Waals surface area (Å²) in [4.78, 5) is 40.8. The number of carbonyl (C=O) groups is 3. The summed E-state index contributed by atoms with van der Waals surface area (Å²) in [5.41, 5.74) is 1.32. The zero-order chi connectivity index (χ0) is 20.1. The fourth-order valence-electron chi connectivity index (χ4n) is 4.11. The first-order valence-corrected chi connectivity index (χ1v) is 10.4. The first kappa shape index (κ1) is 20.5. The molecule has 6 heteroatoms. The Labute approximate surface area is 167 Å². The molecule has 1 aromatic carbocycles. The number of likely N-dealkylation sites (tertiary alicyclic amines) is 2. The Hall–Kier alpha value is -2.21. The van der Waals surface area contributed by atoms with Crippen molar-refractivity contribution < 1.29 is 14.4 Å². The minimum absolute atomic E-state index is 0.00761. The van der Waals surface area contributed by atoms with Crippen LogP contribution in [0.25, 0.3) is 0 Å². The van der Waals surface area contributed by atoms with E-state index in [1.165, 1.54) is 13.3 Å². The minimum atomic E-state index is -0.251. The maximum atomic E-state index is 12.7. The molecule has 1 atom stereocenters. The second-order valence-electron chi connectivity index (χ2n) is 7.99. The first-order valence-electron chi connectivity index (χ1n) is 10.4. The Morgan fingerprint density at radius 3 is 2.14 bits per heavy atom. The van der Waals surface area contributed by atoms with E-state index in [1.807, 2.05) is 11.8 Å². The molecule has 0 spiro atoms. The number of nitrogens with one attached hydrogen (secondary N) is 1. The van der Waals surface area contributed by atoms with Crippen molar-refractivity contribution in [2.24, 2.45) is 5.92 Å². The number of hydrogen-bond acceptors (Lipinski definition) is 4. The van der Waals surface area contributed by atoms with Gasteiger partial charge < -0.3 is 10.2 Å². The van der Waals surface area contributed by atoms with Crippen LogP contribution in [0, 0.1) is 5.92 Å². The Kier molecular flexibility index (Phi) is 6.83. The van der Waals surface area contributed by atoms with E-state index in [4.69, 9.17) is 0 Å². The number of hydrogen-bond donors (Lipinski definition) is 1. The molecular formula is C22H31N3O3. The third kappa shape index (κ3) is 4.98. The van der Waals surface area contributed by atoms with Crippen LogP contribution in [0.3, 0.4) is 0 Å². The average Bonchev–Trinajstić information content (AvgIpc) is 2.73. The van der Waals surface area contributed by atoms with Crippen LogP contribution in [0.1, 0.15) is 56.3 Å². The molecule has 2 heterocycles. The molecule has 2 amide bonds. The van der Waals surface area contributed by atoms with Gasteiger partial charge in [-0.25, -0.2) is 0 Å². The Morgan fingerprint density at radius 1 is 0.964 bits per heavy atom. The Balaban J connectivity index is 1.48. The monoisotopic (exact) mass is 385 g/mol. The largest absolute Gasteiger partial charge is 0.342 e. The van der Waals surface area contributed by atoms with Crippen LogP contribution in [-0.2, 0) is 9.59 Å². The molecule has 2 fully saturated rings. The molecular weight excluding hydrogens is 354 g/mol. The number of nitrogens with zero attached hydrogens (tertiary/aromatic N) is 2. The van der Waals surface area contributed by atoms with Crippen molar-refractivity contribution >= 4 is 23.3 Å². The number of anilines is 1. The lowest BCUT2D eigenvalue weighted by Crippen LogP contribution is -2.49. The van der Waals surface area contributed by atoms with E-state index in [-0.39, 0.29) is 23.7 Å². The fourth-order valence-corrected chi connectivity index (χ4v) is 4.11. The number of amides is 2. The van der Waals surface area contributed by atoms with Gasteiger partial charge in [0.05, 0.1) is 6.04 Å². The highest BCUT2D eigenvalue weighted by Crippen LogP contribution is 2.23. The molecule has 1 N–H and O–H groups in total. The zero-order valence-corrected chi connectivity index (χ0v) is 16.9. The van der Waals surface area contributed by atoms with Gasteiger partial charge >= 0.3 is 0 Å². The molecule has 6 nitrogen and oxygen atoms in total. The van der Waals surface area contributed by atoms with Crippen molar-refractivity contribution in [3.63, 3.8) is 0 Å². The van der Waals surface area contributed by atoms with Gasteiger partial charge in [-0.15, -0.1) is 0 Å². The van der Waals surface area contributed by atoms with E-state index in [0.29, 0.717) is 17.2 Å². The maximum Gasteiger partial charge on any atom is 0.241 e. The predicted octanol–water partition coefficient (Wildman–Crippen LogP) is 2.94. The molecule has 0 aliphatic carbocycles. The second-order valence-corrected chi connectivity index (χ2v) is 7.99. The third-order valence-electron chi connectivity index (χ3n) is 6.03. The molecule has 0 bridgehead atoms. The summed E-state index contributed by atoms with van der Waals surface area (Å²) >= 11 is 0. The molecule has 1 unspecified atom stereocenters. The fraction of sp³-hybridized carbons (Fsp3) is 0.591. The van der Waals surface area contributed by atoms with Crippen LogP contribution in [0.15, 0.2) is 24.3 Å². The molecule has 152 valence electrons. The van der Waals surface area contributed by atoms with Crippen molar-refractivity contribution in [1.82, 2.24) is 9.80 Å². The van der Waals surface area contributed by atoms with E-state index < -0.39 is 0 Å². The normalized spacial score (nSPS) is 19.9. The lowest BCUT2D eigenvalue weighted by molar-refractivity contribution is -0.138. The highest BCUT2D eigenvalue weighted by molar-refractivity contribution is 5.97. The molecule has 2 saturated heterocycles. The van der Waals surface area contributed by atoms with Gasteiger partial charge in [-0.1, -0.05) is 0 Å². The molecule has 1 aromatic rings. The van der Waals surface area contributed by atoms with Crippen LogP contribution >= 0.6 is 0 Å². The van der Waals surface area contributed by atoms with E-state index in [9.17, 15) is 14.4 Å². The van der Waals surface area contributed by atoms with Crippen LogP contribution in [0.2, 0.25) is 0 Å². The third-order valence-corrected chi connectivity index (χ3v) is 6.03. The summed E-state index contributed by atoms with van der Waals surface area (Å²) in [7, 11) is 0. The SMILES string of the molecule is CC(=O)c1ccc(NC(=O)C(C)N2CCC(C(=O)N3CCCCC3)CC2)cc1. The van der Waals surface area contributed by atoms with E-state index in [2.05, 4.69) is 10.2 Å². The number of rotatable bonds is 5. The van der Waals surface area contributed by atoms with Gasteiger partial charge in [-0.3, -0.25) is 19.3 Å². The smallest absolute Gasteiger partial charge is 0.241 e. The number of Topliss-reactive ketones (excluding diaryl/α,β-unsaturated/α-hetero) is 1. The van der Waals surface area contributed by atoms with Gasteiger partial charge in [-0.05, 0) is 83.3 Å². The van der Waals surface area contributed by atoms with Gasteiger partial charge in [0.15, 0.2) is 5.78 Å². The van der Waals surface area contributed by atoms with Crippen molar-refractivity contribution in [3.8, 4) is 0 Å². The number of carbonyl (C=O) groups excluding carboxylic acids is 3. The average molecular weight is 386 g/mol. The van der Waals surface area contributed by atoms with Crippen LogP contribution in [0.4, 0.5) is 5.69 Å². The van der Waals surface area contributed by atoms with Crippen LogP contribution < -0.4 is 5.32 Å². The maximum absolute atomic E-state index is 12.7. The molecule has 0 aromatic heterocycles. The van der Waals surface area contributed by atoms with Gasteiger partial charge in [0.1, 0.15) is 0 Å². The number of benzene rings is 1. The molecule has 0 saturated carbocycles. The summed E-state index contributed by atoms with van der Waals surface area (Å²) < 4.78 is 0. The summed E-state index contributed by atoms with van der Waals surface area (Å²) in [6.45, 7) is 6.77. The lowest BCUT2D eigenvalue weighted by Gasteiger charge is -2.37. The van der Waals surface area contributed by atoms with Gasteiger partial charge in [0.25, 0.3) is 0 Å². The Morgan fingerprint density at radius 2 is 1.57 bits per heavy atom. The number of ketones is 1. The summed E-state index contributed by atoms with van der Waals surface area (Å²) in [6, 6.07) is 6.70. The zero-order valence-electron chi connectivity index (χ0n) is 16.9. The molecule has 28 heavy (non-hydrogen) atoms. The lowest BCUT2D eigenvalue weighted by atomic mass is 9.93. The predicted molar refractivity (Wildman–Crippen MR) is 109 cm³/mol. The highest BCUT2D eigenvalue weighted by atomic mass is 16.2. The van der Waals surface area contributed by atoms with Crippen molar-refractivity contribution in [2.45, 2.75) is 52.0 Å². The molecule has 3 rings (SSSR count). The van der Waals surface area contributed by atoms with E-state index >= 15 is 0 Å². The number of piperidine rings is 2. The molecule has 2 aliphatic rings. The topological polar surface area (TPSA) is 69.7 Å². The van der Waals surface area contributed by atoms with E-state index in [1.54, 1.807) is 24.3 Å². The van der Waals surface area contributed by atoms with Crippen molar-refractivity contribution in [3.05, 3.63) is 29.8 Å². The van der Waals surface area contributed by atoms with Crippen molar-refractivity contribution in [1.29, 1.82) is 0 Å². The summed E-state index contributed by atoms with van der Waals surface area (Å²) in [5.74, 6) is 0.357. The van der Waals surface area contributed by atoms with Gasteiger partial charge in [0.2, 0.25) is 11.8 Å². The van der Waals surface area contributed by atoms with Gasteiger partial charge in [-0.2, -0.15) is 0 Å². The highest BCUT2D eigenvalue weighted by Gasteiger charge is 2.32. The van der Waals surface area contributed by atoms with E-state index in [0.717, 1.165) is 51.9 Å². The molecule has 0 radical (unpaired) electrons. The van der Waals surface area contributed by atoms with Gasteiger partial charge in [0, 0.05) is 30.3 Å². The quantitative estimate of drug-likeness (QED) is 0.791.